The van der Waals surface area contributed by atoms with Gasteiger partial charge in [0.2, 0.25) is 5.91 Å². The van der Waals surface area contributed by atoms with Crippen LogP contribution >= 0.6 is 0 Å². The summed E-state index contributed by atoms with van der Waals surface area (Å²) in [5.41, 5.74) is 6.63. The minimum absolute atomic E-state index is 0.0304. The van der Waals surface area contributed by atoms with Gasteiger partial charge in [-0.05, 0) is 18.6 Å². The number of nitrogens with two attached hydrogens (primary N) is 1. The molecule has 1 unspecified atom stereocenters. The molecule has 0 aliphatic carbocycles. The molecule has 17 heavy (non-hydrogen) atoms. The highest BCUT2D eigenvalue weighted by atomic mass is 16.2. The quantitative estimate of drug-likeness (QED) is 0.581. The number of anilines is 1. The van der Waals surface area contributed by atoms with E-state index in [0.717, 1.165) is 18.7 Å². The Hall–Kier alpha value is -2.04. The first-order valence-electron chi connectivity index (χ1n) is 5.57. The number of benzene rings is 1. The van der Waals surface area contributed by atoms with Crippen LogP contribution < -0.4 is 11.1 Å². The average Bonchev–Trinajstić information content (AvgIpc) is 2.62. The summed E-state index contributed by atoms with van der Waals surface area (Å²) in [5, 5.41) is 2.96. The maximum Gasteiger partial charge on any atom is 0.247 e. The Labute approximate surface area is 100 Å². The van der Waals surface area contributed by atoms with Gasteiger partial charge in [-0.3, -0.25) is 4.79 Å². The van der Waals surface area contributed by atoms with Crippen LogP contribution in [0.1, 0.15) is 6.42 Å². The zero-order chi connectivity index (χ0) is 12.3. The van der Waals surface area contributed by atoms with Crippen LogP contribution in [0, 0.1) is 0 Å². The van der Waals surface area contributed by atoms with Gasteiger partial charge >= 0.3 is 0 Å². The summed E-state index contributed by atoms with van der Waals surface area (Å²) in [6, 6.07) is 9.19. The molecule has 0 saturated carbocycles. The second-order valence-corrected chi connectivity index (χ2v) is 4.07. The van der Waals surface area contributed by atoms with E-state index in [2.05, 4.69) is 10.3 Å². The predicted molar refractivity (Wildman–Crippen MR) is 67.7 cm³/mol. The van der Waals surface area contributed by atoms with Gasteiger partial charge in [-0.25, -0.2) is 4.99 Å². The number of likely N-dealkylation sites (tertiary alicyclic amines) is 1. The molecule has 1 saturated heterocycles. The summed E-state index contributed by atoms with van der Waals surface area (Å²) in [4.78, 5) is 17.5. The number of para-hydroxylation sites is 1. The summed E-state index contributed by atoms with van der Waals surface area (Å²) in [7, 11) is 1.78. The Morgan fingerprint density at radius 2 is 2.18 bits per heavy atom. The summed E-state index contributed by atoms with van der Waals surface area (Å²) in [6.45, 7) is 0.742. The van der Waals surface area contributed by atoms with Gasteiger partial charge < -0.3 is 16.0 Å². The number of nitrogens with zero attached hydrogens (tertiary/aromatic N) is 2. The molecule has 0 radical (unpaired) electrons. The van der Waals surface area contributed by atoms with Gasteiger partial charge in [0.05, 0.1) is 0 Å². The topological polar surface area (TPSA) is 70.7 Å². The molecule has 1 aliphatic heterocycles. The van der Waals surface area contributed by atoms with Gasteiger partial charge in [0.25, 0.3) is 0 Å². The molecule has 5 heteroatoms. The Kier molecular flexibility index (Phi) is 3.27. The van der Waals surface area contributed by atoms with Crippen molar-refractivity contribution in [1.29, 1.82) is 0 Å². The van der Waals surface area contributed by atoms with Crippen molar-refractivity contribution in [2.24, 2.45) is 10.7 Å². The van der Waals surface area contributed by atoms with E-state index in [1.54, 1.807) is 11.9 Å². The Morgan fingerprint density at radius 1 is 1.47 bits per heavy atom. The number of nitrogens with one attached hydrogen (secondary N) is 1. The molecule has 1 aromatic rings. The SMILES string of the molecule is CN1CCC(N=C(N)Nc2ccccc2)C1=O. The molecule has 2 rings (SSSR count). The van der Waals surface area contributed by atoms with Gasteiger partial charge in [-0.15, -0.1) is 0 Å². The highest BCUT2D eigenvalue weighted by Crippen LogP contribution is 2.12. The van der Waals surface area contributed by atoms with Crippen LogP contribution in [0.2, 0.25) is 0 Å². The number of guanidine groups is 1. The number of rotatable bonds is 2. The molecule has 3 N–H and O–H groups in total. The highest BCUT2D eigenvalue weighted by molar-refractivity contribution is 5.95. The molecule has 0 bridgehead atoms. The molecule has 1 aliphatic rings. The van der Waals surface area contributed by atoms with E-state index in [4.69, 9.17) is 5.73 Å². The van der Waals surface area contributed by atoms with Crippen molar-refractivity contribution in [1.82, 2.24) is 4.90 Å². The number of carbonyl (C=O) groups is 1. The van der Waals surface area contributed by atoms with Gasteiger partial charge in [0.1, 0.15) is 6.04 Å². The zero-order valence-electron chi connectivity index (χ0n) is 9.76. The molecular formula is C12H16N4O. The third-order valence-electron chi connectivity index (χ3n) is 2.74. The molecule has 5 nitrogen and oxygen atoms in total. The minimum atomic E-state index is -0.337. The van der Waals surface area contributed by atoms with Crippen LogP contribution in [-0.2, 0) is 4.79 Å². The van der Waals surface area contributed by atoms with Crippen LogP contribution in [0.4, 0.5) is 5.69 Å². The van der Waals surface area contributed by atoms with E-state index in [9.17, 15) is 4.79 Å². The van der Waals surface area contributed by atoms with E-state index < -0.39 is 0 Å². The Balaban J connectivity index is 2.01. The van der Waals surface area contributed by atoms with Crippen molar-refractivity contribution in [3.05, 3.63) is 30.3 Å². The maximum atomic E-state index is 11.6. The molecule has 1 heterocycles. The smallest absolute Gasteiger partial charge is 0.247 e. The molecule has 90 valence electrons. The second kappa shape index (κ2) is 4.86. The summed E-state index contributed by atoms with van der Waals surface area (Å²) in [5.74, 6) is 0.313. The van der Waals surface area contributed by atoms with E-state index in [0.29, 0.717) is 0 Å². The largest absolute Gasteiger partial charge is 0.370 e. The zero-order valence-corrected chi connectivity index (χ0v) is 9.76. The molecule has 0 spiro atoms. The second-order valence-electron chi connectivity index (χ2n) is 4.07. The molecule has 0 aromatic heterocycles. The minimum Gasteiger partial charge on any atom is -0.370 e. The lowest BCUT2D eigenvalue weighted by molar-refractivity contribution is -0.127. The number of aliphatic imine (C=N–C) groups is 1. The Morgan fingerprint density at radius 3 is 2.76 bits per heavy atom. The van der Waals surface area contributed by atoms with Crippen LogP contribution in [-0.4, -0.2) is 36.4 Å². The summed E-state index contributed by atoms with van der Waals surface area (Å²) >= 11 is 0. The highest BCUT2D eigenvalue weighted by Gasteiger charge is 2.28. The fourth-order valence-corrected chi connectivity index (χ4v) is 1.79. The summed E-state index contributed by atoms with van der Waals surface area (Å²) in [6.07, 6.45) is 0.729. The lowest BCUT2D eigenvalue weighted by atomic mass is 10.3. The number of hydrogen-bond donors (Lipinski definition) is 2. The third-order valence-corrected chi connectivity index (χ3v) is 2.74. The lowest BCUT2D eigenvalue weighted by Crippen LogP contribution is -2.29. The molecule has 1 atom stereocenters. The van der Waals surface area contributed by atoms with Crippen molar-refractivity contribution >= 4 is 17.6 Å². The van der Waals surface area contributed by atoms with Gasteiger partial charge in [-0.2, -0.15) is 0 Å². The fraction of sp³-hybridized carbons (Fsp3) is 0.333. The van der Waals surface area contributed by atoms with Crippen LogP contribution in [0.25, 0.3) is 0 Å². The van der Waals surface area contributed by atoms with Crippen molar-refractivity contribution in [3.8, 4) is 0 Å². The molecule has 1 amide bonds. The first-order valence-corrected chi connectivity index (χ1v) is 5.57. The van der Waals surface area contributed by atoms with Crippen molar-refractivity contribution < 1.29 is 4.79 Å². The van der Waals surface area contributed by atoms with Crippen molar-refractivity contribution in [2.45, 2.75) is 12.5 Å². The molecule has 1 aromatic carbocycles. The number of likely N-dealkylation sites (N-methyl/N-ethyl adjacent to an activating group) is 1. The monoisotopic (exact) mass is 232 g/mol. The normalized spacial score (nSPS) is 20.8. The van der Waals surface area contributed by atoms with Crippen LogP contribution in [0.15, 0.2) is 35.3 Å². The van der Waals surface area contributed by atoms with E-state index in [-0.39, 0.29) is 17.9 Å². The van der Waals surface area contributed by atoms with E-state index in [1.807, 2.05) is 30.3 Å². The van der Waals surface area contributed by atoms with Gasteiger partial charge in [0.15, 0.2) is 5.96 Å². The average molecular weight is 232 g/mol. The molecular weight excluding hydrogens is 216 g/mol. The fourth-order valence-electron chi connectivity index (χ4n) is 1.79. The summed E-state index contributed by atoms with van der Waals surface area (Å²) < 4.78 is 0. The van der Waals surface area contributed by atoms with Crippen LogP contribution in [0.3, 0.4) is 0 Å². The van der Waals surface area contributed by atoms with Crippen molar-refractivity contribution in [2.75, 3.05) is 18.9 Å². The third kappa shape index (κ3) is 2.75. The van der Waals surface area contributed by atoms with Crippen LogP contribution in [0.5, 0.6) is 0 Å². The Bertz CT molecular complexity index is 429. The maximum absolute atomic E-state index is 11.6. The number of amides is 1. The number of hydrogen-bond acceptors (Lipinski definition) is 2. The van der Waals surface area contributed by atoms with Gasteiger partial charge in [-0.1, -0.05) is 18.2 Å². The first kappa shape index (κ1) is 11.4. The van der Waals surface area contributed by atoms with Crippen molar-refractivity contribution in [3.63, 3.8) is 0 Å². The first-order chi connectivity index (χ1) is 8.16. The standard InChI is InChI=1S/C12H16N4O/c1-16-8-7-10(11(16)17)15-12(13)14-9-5-3-2-4-6-9/h2-6,10H,7-8H2,1H3,(H3,13,14,15). The number of carbonyl (C=O) groups excluding carboxylic acids is 1. The predicted octanol–water partition coefficient (Wildman–Crippen LogP) is 0.644. The van der Waals surface area contributed by atoms with E-state index >= 15 is 0 Å². The molecule has 1 fully saturated rings. The van der Waals surface area contributed by atoms with Gasteiger partial charge in [0, 0.05) is 19.3 Å². The van der Waals surface area contributed by atoms with E-state index in [1.165, 1.54) is 0 Å². The lowest BCUT2D eigenvalue weighted by Gasteiger charge is -2.09.